The van der Waals surface area contributed by atoms with Gasteiger partial charge in [0.15, 0.2) is 5.58 Å². The number of halogens is 1. The monoisotopic (exact) mass is 292 g/mol. The molecule has 0 bridgehead atoms. The van der Waals surface area contributed by atoms with E-state index in [0.29, 0.717) is 17.0 Å². The molecular formula is C15H17ClN2O2. The minimum Gasteiger partial charge on any atom is -0.356 e. The Morgan fingerprint density at radius 3 is 2.95 bits per heavy atom. The van der Waals surface area contributed by atoms with Crippen LogP contribution in [-0.4, -0.2) is 34.9 Å². The average Bonchev–Trinajstić information content (AvgIpc) is 2.80. The van der Waals surface area contributed by atoms with Crippen LogP contribution >= 0.6 is 11.6 Å². The van der Waals surface area contributed by atoms with Gasteiger partial charge in [0.2, 0.25) is 5.91 Å². The fourth-order valence-electron chi connectivity index (χ4n) is 2.64. The molecule has 1 amide bonds. The van der Waals surface area contributed by atoms with Crippen LogP contribution in [0.5, 0.6) is 0 Å². The van der Waals surface area contributed by atoms with E-state index in [1.54, 1.807) is 4.90 Å². The van der Waals surface area contributed by atoms with Gasteiger partial charge in [-0.15, -0.1) is 11.6 Å². The smallest absolute Gasteiger partial charge is 0.228 e. The summed E-state index contributed by atoms with van der Waals surface area (Å²) in [6.45, 7) is 0.776. The van der Waals surface area contributed by atoms with Crippen LogP contribution in [0.4, 0.5) is 0 Å². The number of aromatic nitrogens is 1. The predicted octanol–water partition coefficient (Wildman–Crippen LogP) is 2.85. The van der Waals surface area contributed by atoms with Crippen molar-refractivity contribution in [3.63, 3.8) is 0 Å². The molecule has 2 aromatic rings. The first-order valence-electron chi connectivity index (χ1n) is 6.85. The second-order valence-electron chi connectivity index (χ2n) is 5.51. The molecule has 0 aliphatic heterocycles. The number of rotatable bonds is 4. The fraction of sp³-hybridized carbons (Fsp3) is 0.467. The number of para-hydroxylation sites is 1. The Kier molecular flexibility index (Phi) is 3.66. The Bertz CT molecular complexity index is 619. The Labute approximate surface area is 122 Å². The van der Waals surface area contributed by atoms with Crippen LogP contribution in [0, 0.1) is 5.92 Å². The van der Waals surface area contributed by atoms with Gasteiger partial charge in [-0.2, -0.15) is 0 Å². The number of hydrogen-bond acceptors (Lipinski definition) is 3. The molecule has 0 radical (unpaired) electrons. The van der Waals surface area contributed by atoms with E-state index in [-0.39, 0.29) is 12.3 Å². The number of carbonyl (C=O) groups excluding carboxylic acids is 1. The number of nitrogens with zero attached hydrogens (tertiary/aromatic N) is 2. The van der Waals surface area contributed by atoms with E-state index in [2.05, 4.69) is 5.16 Å². The summed E-state index contributed by atoms with van der Waals surface area (Å²) in [6.07, 6.45) is 2.29. The molecule has 20 heavy (non-hydrogen) atoms. The molecule has 0 N–H and O–H groups in total. The lowest BCUT2D eigenvalue weighted by atomic mass is 9.84. The van der Waals surface area contributed by atoms with Crippen LogP contribution in [0.15, 0.2) is 28.8 Å². The minimum atomic E-state index is 0.0714. The summed E-state index contributed by atoms with van der Waals surface area (Å²) in [7, 11) is 1.84. The highest BCUT2D eigenvalue weighted by atomic mass is 35.5. The van der Waals surface area contributed by atoms with Crippen molar-refractivity contribution in [3.8, 4) is 0 Å². The average molecular weight is 293 g/mol. The molecule has 1 aliphatic carbocycles. The van der Waals surface area contributed by atoms with Crippen molar-refractivity contribution < 1.29 is 9.32 Å². The molecule has 4 nitrogen and oxygen atoms in total. The van der Waals surface area contributed by atoms with Crippen molar-refractivity contribution in [2.75, 3.05) is 13.6 Å². The van der Waals surface area contributed by atoms with Gasteiger partial charge in [0, 0.05) is 24.4 Å². The normalized spacial score (nSPS) is 21.7. The molecule has 0 unspecified atom stereocenters. The standard InChI is InChI=1S/C15H17ClN2O2/c1-18(9-10-6-11(16)7-10)15(19)8-13-12-4-2-3-5-14(12)20-17-13/h2-5,10-11H,6-9H2,1H3. The first-order chi connectivity index (χ1) is 9.63. The lowest BCUT2D eigenvalue weighted by Gasteiger charge is -2.34. The summed E-state index contributed by atoms with van der Waals surface area (Å²) in [6, 6.07) is 7.60. The lowest BCUT2D eigenvalue weighted by Crippen LogP contribution is -2.38. The highest BCUT2D eigenvalue weighted by Crippen LogP contribution is 2.32. The van der Waals surface area contributed by atoms with Crippen LogP contribution in [0.1, 0.15) is 18.5 Å². The number of hydrogen-bond donors (Lipinski definition) is 0. The molecule has 0 atom stereocenters. The first kappa shape index (κ1) is 13.4. The number of amides is 1. The Balaban J connectivity index is 1.63. The highest BCUT2D eigenvalue weighted by molar-refractivity contribution is 6.21. The molecule has 3 rings (SSSR count). The van der Waals surface area contributed by atoms with Gasteiger partial charge in [-0.1, -0.05) is 17.3 Å². The maximum atomic E-state index is 12.2. The zero-order valence-corrected chi connectivity index (χ0v) is 12.1. The molecule has 1 aromatic carbocycles. The number of likely N-dealkylation sites (N-methyl/N-ethyl adjacent to an activating group) is 1. The largest absolute Gasteiger partial charge is 0.356 e. The summed E-state index contributed by atoms with van der Waals surface area (Å²) < 4.78 is 5.22. The van der Waals surface area contributed by atoms with Gasteiger partial charge in [-0.05, 0) is 30.9 Å². The van der Waals surface area contributed by atoms with Crippen LogP contribution in [0.3, 0.4) is 0 Å². The molecule has 1 heterocycles. The summed E-state index contributed by atoms with van der Waals surface area (Å²) in [5.41, 5.74) is 1.43. The maximum Gasteiger partial charge on any atom is 0.228 e. The van der Waals surface area contributed by atoms with Gasteiger partial charge in [0.05, 0.1) is 6.42 Å². The second-order valence-corrected chi connectivity index (χ2v) is 6.13. The topological polar surface area (TPSA) is 46.3 Å². The number of benzene rings is 1. The van der Waals surface area contributed by atoms with Crippen LogP contribution in [-0.2, 0) is 11.2 Å². The summed E-state index contributed by atoms with van der Waals surface area (Å²) in [5.74, 6) is 0.613. The summed E-state index contributed by atoms with van der Waals surface area (Å²) >= 11 is 5.96. The van der Waals surface area contributed by atoms with E-state index in [1.165, 1.54) is 0 Å². The van der Waals surface area contributed by atoms with Gasteiger partial charge in [-0.25, -0.2) is 0 Å². The van der Waals surface area contributed by atoms with E-state index in [1.807, 2.05) is 31.3 Å². The number of fused-ring (bicyclic) bond motifs is 1. The fourth-order valence-corrected chi connectivity index (χ4v) is 3.14. The zero-order valence-electron chi connectivity index (χ0n) is 11.4. The lowest BCUT2D eigenvalue weighted by molar-refractivity contribution is -0.130. The van der Waals surface area contributed by atoms with Crippen LogP contribution < -0.4 is 0 Å². The Morgan fingerprint density at radius 2 is 2.20 bits per heavy atom. The Morgan fingerprint density at radius 1 is 1.45 bits per heavy atom. The van der Waals surface area contributed by atoms with Crippen molar-refractivity contribution in [3.05, 3.63) is 30.0 Å². The molecule has 106 valence electrons. The first-order valence-corrected chi connectivity index (χ1v) is 7.28. The quantitative estimate of drug-likeness (QED) is 0.814. The third kappa shape index (κ3) is 2.66. The zero-order chi connectivity index (χ0) is 14.1. The van der Waals surface area contributed by atoms with Crippen molar-refractivity contribution >= 4 is 28.5 Å². The third-order valence-corrected chi connectivity index (χ3v) is 4.26. The van der Waals surface area contributed by atoms with Gasteiger partial charge < -0.3 is 9.42 Å². The van der Waals surface area contributed by atoms with Crippen LogP contribution in [0.2, 0.25) is 0 Å². The molecule has 1 aromatic heterocycles. The van der Waals surface area contributed by atoms with E-state index in [9.17, 15) is 4.79 Å². The molecule has 0 spiro atoms. The molecule has 1 saturated carbocycles. The molecular weight excluding hydrogens is 276 g/mol. The van der Waals surface area contributed by atoms with Gasteiger partial charge in [0.25, 0.3) is 0 Å². The third-order valence-electron chi connectivity index (χ3n) is 3.91. The molecule has 1 aliphatic rings. The summed E-state index contributed by atoms with van der Waals surface area (Å²) in [4.78, 5) is 14.0. The SMILES string of the molecule is CN(CC1CC(Cl)C1)C(=O)Cc1noc2ccccc12. The molecule has 1 fully saturated rings. The predicted molar refractivity (Wildman–Crippen MR) is 77.7 cm³/mol. The maximum absolute atomic E-state index is 12.2. The van der Waals surface area contributed by atoms with Gasteiger partial charge in [0.1, 0.15) is 5.69 Å². The highest BCUT2D eigenvalue weighted by Gasteiger charge is 2.29. The van der Waals surface area contributed by atoms with E-state index in [0.717, 1.165) is 30.4 Å². The number of carbonyl (C=O) groups is 1. The summed E-state index contributed by atoms with van der Waals surface area (Å²) in [5, 5.41) is 5.21. The van der Waals surface area contributed by atoms with Crippen LogP contribution in [0.25, 0.3) is 11.0 Å². The Hall–Kier alpha value is -1.55. The number of alkyl halides is 1. The molecule has 5 heteroatoms. The van der Waals surface area contributed by atoms with Gasteiger partial charge >= 0.3 is 0 Å². The van der Waals surface area contributed by atoms with Crippen molar-refractivity contribution in [2.24, 2.45) is 5.92 Å². The van der Waals surface area contributed by atoms with Crippen molar-refractivity contribution in [1.82, 2.24) is 10.1 Å². The second kappa shape index (κ2) is 5.44. The van der Waals surface area contributed by atoms with Crippen molar-refractivity contribution in [2.45, 2.75) is 24.6 Å². The van der Waals surface area contributed by atoms with E-state index < -0.39 is 0 Å². The van der Waals surface area contributed by atoms with E-state index in [4.69, 9.17) is 16.1 Å². The minimum absolute atomic E-state index is 0.0714. The molecule has 0 saturated heterocycles. The van der Waals surface area contributed by atoms with Crippen molar-refractivity contribution in [1.29, 1.82) is 0 Å². The van der Waals surface area contributed by atoms with Gasteiger partial charge in [-0.3, -0.25) is 4.79 Å². The van der Waals surface area contributed by atoms with E-state index >= 15 is 0 Å².